The number of halogens is 1. The number of hydrogen-bond acceptors (Lipinski definition) is 0. The number of benzene rings is 1. The molecule has 0 bridgehead atoms. The van der Waals surface area contributed by atoms with Crippen molar-refractivity contribution in [1.82, 2.24) is 0 Å². The zero-order valence-electron chi connectivity index (χ0n) is 18.8. The van der Waals surface area contributed by atoms with Crippen molar-refractivity contribution < 1.29 is 4.39 Å². The van der Waals surface area contributed by atoms with Gasteiger partial charge in [0.25, 0.3) is 0 Å². The molecule has 1 aromatic carbocycles. The van der Waals surface area contributed by atoms with Gasteiger partial charge in [-0.3, -0.25) is 0 Å². The lowest BCUT2D eigenvalue weighted by atomic mass is 9.68. The molecule has 0 spiro atoms. The van der Waals surface area contributed by atoms with Crippen LogP contribution in [-0.2, 0) is 6.67 Å². The largest absolute Gasteiger partial charge is 0.246 e. The summed E-state index contributed by atoms with van der Waals surface area (Å²) in [5.74, 6) is 5.84. The van der Waals surface area contributed by atoms with Gasteiger partial charge in [-0.1, -0.05) is 69.7 Å². The van der Waals surface area contributed by atoms with Crippen molar-refractivity contribution in [2.45, 2.75) is 109 Å². The Bertz CT molecular complexity index is 581. The molecule has 1 heteroatoms. The highest BCUT2D eigenvalue weighted by atomic mass is 19.1. The molecule has 0 radical (unpaired) electrons. The number of rotatable bonds is 6. The van der Waals surface area contributed by atoms with E-state index >= 15 is 0 Å². The average Bonchev–Trinajstić information content (AvgIpc) is 2.79. The summed E-state index contributed by atoms with van der Waals surface area (Å²) in [4.78, 5) is 0. The van der Waals surface area contributed by atoms with Gasteiger partial charge in [-0.15, -0.1) is 0 Å². The molecule has 0 unspecified atom stereocenters. The summed E-state index contributed by atoms with van der Waals surface area (Å²) in [6, 6.07) is 8.30. The Labute approximate surface area is 179 Å². The summed E-state index contributed by atoms with van der Waals surface area (Å²) in [6.45, 7) is 2.11. The van der Waals surface area contributed by atoms with E-state index in [0.29, 0.717) is 5.92 Å². The van der Waals surface area contributed by atoms with Crippen LogP contribution < -0.4 is 0 Å². The van der Waals surface area contributed by atoms with E-state index in [1.165, 1.54) is 95.5 Å². The van der Waals surface area contributed by atoms with Crippen molar-refractivity contribution in [2.75, 3.05) is 0 Å². The van der Waals surface area contributed by atoms with Gasteiger partial charge in [0.05, 0.1) is 0 Å². The van der Waals surface area contributed by atoms with E-state index in [0.717, 1.165) is 35.2 Å². The number of hydrogen-bond donors (Lipinski definition) is 0. The first kappa shape index (κ1) is 21.4. The predicted molar refractivity (Wildman–Crippen MR) is 122 cm³/mol. The van der Waals surface area contributed by atoms with E-state index in [9.17, 15) is 4.39 Å². The Hall–Kier alpha value is -0.850. The molecule has 162 valence electrons. The highest BCUT2D eigenvalue weighted by molar-refractivity contribution is 5.25. The molecular weight excluding hydrogens is 355 g/mol. The Kier molecular flexibility index (Phi) is 7.71. The summed E-state index contributed by atoms with van der Waals surface area (Å²) in [5.41, 5.74) is 2.26. The molecule has 0 nitrogen and oxygen atoms in total. The fourth-order valence-electron chi connectivity index (χ4n) is 6.84. The maximum Gasteiger partial charge on any atom is 0.115 e. The quantitative estimate of drug-likeness (QED) is 0.449. The van der Waals surface area contributed by atoms with Crippen LogP contribution in [0.4, 0.5) is 4.39 Å². The van der Waals surface area contributed by atoms with Gasteiger partial charge >= 0.3 is 0 Å². The third-order valence-corrected chi connectivity index (χ3v) is 9.05. The Morgan fingerprint density at radius 1 is 0.655 bits per heavy atom. The molecule has 3 aliphatic rings. The molecule has 0 heterocycles. The minimum absolute atomic E-state index is 0.338. The van der Waals surface area contributed by atoms with E-state index in [4.69, 9.17) is 0 Å². The normalized spacial score (nSPS) is 36.1. The molecular formula is C28H43F. The van der Waals surface area contributed by atoms with Gasteiger partial charge in [0.15, 0.2) is 0 Å². The van der Waals surface area contributed by atoms with E-state index < -0.39 is 0 Å². The van der Waals surface area contributed by atoms with Crippen LogP contribution in [0.1, 0.15) is 114 Å². The maximum absolute atomic E-state index is 12.7. The summed E-state index contributed by atoms with van der Waals surface area (Å²) >= 11 is 0. The first-order chi connectivity index (χ1) is 14.2. The summed E-state index contributed by atoms with van der Waals surface area (Å²) in [6.07, 6.45) is 20.6. The van der Waals surface area contributed by atoms with Gasteiger partial charge in [-0.25, -0.2) is 4.39 Å². The van der Waals surface area contributed by atoms with Crippen LogP contribution in [0.5, 0.6) is 0 Å². The third kappa shape index (κ3) is 5.86. The standard InChI is InChI=1S/C28H43F/c1-21-2-12-25(13-3-21)26-14-6-22(7-15-26)4-5-23-8-16-27(17-9-23)28-18-10-24(20-29)11-19-28/h10-11,18-19,21-23,25-27H,2-9,12-17,20H2,1H3. The Balaban J connectivity index is 1.13. The fourth-order valence-corrected chi connectivity index (χ4v) is 6.84. The fraction of sp³-hybridized carbons (Fsp3) is 0.786. The summed E-state index contributed by atoms with van der Waals surface area (Å²) in [5, 5.41) is 0. The second-order valence-corrected chi connectivity index (χ2v) is 11.0. The number of alkyl halides is 1. The molecule has 3 fully saturated rings. The molecule has 29 heavy (non-hydrogen) atoms. The zero-order chi connectivity index (χ0) is 20.1. The van der Waals surface area contributed by atoms with Gasteiger partial charge in [0.2, 0.25) is 0 Å². The lowest BCUT2D eigenvalue weighted by Crippen LogP contribution is -2.25. The molecule has 0 saturated heterocycles. The SMILES string of the molecule is CC1CCC(C2CCC(CCC3CCC(c4ccc(CF)cc4)CC3)CC2)CC1. The molecule has 0 aromatic heterocycles. The lowest BCUT2D eigenvalue weighted by Gasteiger charge is -2.37. The predicted octanol–water partition coefficient (Wildman–Crippen LogP) is 8.84. The van der Waals surface area contributed by atoms with Crippen molar-refractivity contribution in [3.8, 4) is 0 Å². The second-order valence-electron chi connectivity index (χ2n) is 11.0. The first-order valence-corrected chi connectivity index (χ1v) is 12.9. The topological polar surface area (TPSA) is 0 Å². The average molecular weight is 399 g/mol. The van der Waals surface area contributed by atoms with E-state index in [2.05, 4.69) is 19.1 Å². The molecule has 0 atom stereocenters. The summed E-state index contributed by atoms with van der Waals surface area (Å²) in [7, 11) is 0. The molecule has 3 saturated carbocycles. The van der Waals surface area contributed by atoms with Crippen molar-refractivity contribution in [2.24, 2.45) is 29.6 Å². The maximum atomic E-state index is 12.7. The second kappa shape index (κ2) is 10.5. The molecule has 0 amide bonds. The van der Waals surface area contributed by atoms with Crippen molar-refractivity contribution in [3.05, 3.63) is 35.4 Å². The van der Waals surface area contributed by atoms with Crippen LogP contribution >= 0.6 is 0 Å². The van der Waals surface area contributed by atoms with Crippen LogP contribution in [0.3, 0.4) is 0 Å². The monoisotopic (exact) mass is 398 g/mol. The molecule has 4 rings (SSSR count). The zero-order valence-corrected chi connectivity index (χ0v) is 18.8. The van der Waals surface area contributed by atoms with E-state index in [-0.39, 0.29) is 6.67 Å². The lowest BCUT2D eigenvalue weighted by molar-refractivity contribution is 0.143. The first-order valence-electron chi connectivity index (χ1n) is 12.9. The van der Waals surface area contributed by atoms with E-state index in [1.54, 1.807) is 0 Å². The van der Waals surface area contributed by atoms with Gasteiger partial charge in [0.1, 0.15) is 6.67 Å². The van der Waals surface area contributed by atoms with Gasteiger partial charge in [-0.2, -0.15) is 0 Å². The Morgan fingerprint density at radius 3 is 1.66 bits per heavy atom. The van der Waals surface area contributed by atoms with Gasteiger partial charge < -0.3 is 0 Å². The molecule has 0 N–H and O–H groups in total. The van der Waals surface area contributed by atoms with Crippen molar-refractivity contribution in [3.63, 3.8) is 0 Å². The smallest absolute Gasteiger partial charge is 0.115 e. The van der Waals surface area contributed by atoms with Gasteiger partial charge in [0, 0.05) is 0 Å². The van der Waals surface area contributed by atoms with Crippen LogP contribution in [0.2, 0.25) is 0 Å². The highest BCUT2D eigenvalue weighted by Gasteiger charge is 2.30. The molecule has 3 aliphatic carbocycles. The van der Waals surface area contributed by atoms with Crippen LogP contribution in [-0.4, -0.2) is 0 Å². The van der Waals surface area contributed by atoms with Crippen molar-refractivity contribution >= 4 is 0 Å². The van der Waals surface area contributed by atoms with Gasteiger partial charge in [-0.05, 0) is 98.0 Å². The minimum Gasteiger partial charge on any atom is -0.246 e. The van der Waals surface area contributed by atoms with Crippen LogP contribution in [0, 0.1) is 29.6 Å². The molecule has 1 aromatic rings. The summed E-state index contributed by atoms with van der Waals surface area (Å²) < 4.78 is 12.7. The minimum atomic E-state index is -0.338. The van der Waals surface area contributed by atoms with Crippen LogP contribution in [0.15, 0.2) is 24.3 Å². The van der Waals surface area contributed by atoms with E-state index in [1.807, 2.05) is 12.1 Å². The third-order valence-electron chi connectivity index (χ3n) is 9.05. The highest BCUT2D eigenvalue weighted by Crippen LogP contribution is 2.43. The van der Waals surface area contributed by atoms with Crippen molar-refractivity contribution in [1.29, 1.82) is 0 Å². The Morgan fingerprint density at radius 2 is 1.14 bits per heavy atom. The molecule has 0 aliphatic heterocycles. The van der Waals surface area contributed by atoms with Crippen LogP contribution in [0.25, 0.3) is 0 Å².